The Bertz CT molecular complexity index is 746. The molecule has 3 aromatic carbocycles. The number of hydrogen-bond donors (Lipinski definition) is 1. The average molecular weight is 334 g/mol. The quantitative estimate of drug-likeness (QED) is 0.691. The number of aliphatic hydroxyl groups is 1. The van der Waals surface area contributed by atoms with Crippen LogP contribution in [0, 0.1) is 0 Å². The molecule has 0 bridgehead atoms. The summed E-state index contributed by atoms with van der Waals surface area (Å²) >= 11 is 1.16. The van der Waals surface area contributed by atoms with Gasteiger partial charge < -0.3 is 5.11 Å². The van der Waals surface area contributed by atoms with E-state index in [-0.39, 0.29) is 11.5 Å². The molecule has 0 aliphatic rings. The van der Waals surface area contributed by atoms with Crippen LogP contribution in [-0.2, 0) is 10.4 Å². The predicted octanol–water partition coefficient (Wildman–Crippen LogP) is 4.63. The SMILES string of the molecule is O=C(CC(O)(c1ccccc1)c1ccccc1)Sc1ccccc1. The van der Waals surface area contributed by atoms with Crippen LogP contribution in [0.2, 0.25) is 0 Å². The molecule has 0 atom stereocenters. The van der Waals surface area contributed by atoms with Crippen molar-refractivity contribution >= 4 is 16.9 Å². The Morgan fingerprint density at radius 2 is 1.17 bits per heavy atom. The number of carbonyl (C=O) groups is 1. The average Bonchev–Trinajstić information content (AvgIpc) is 2.64. The van der Waals surface area contributed by atoms with E-state index in [1.165, 1.54) is 0 Å². The molecule has 0 aliphatic carbocycles. The second-order valence-corrected chi connectivity index (χ2v) is 6.69. The summed E-state index contributed by atoms with van der Waals surface area (Å²) in [7, 11) is 0. The lowest BCUT2D eigenvalue weighted by Gasteiger charge is -2.28. The van der Waals surface area contributed by atoms with Gasteiger partial charge in [0.1, 0.15) is 5.60 Å². The standard InChI is InChI=1S/C21H18O2S/c22-20(24-19-14-8-3-9-15-19)16-21(23,17-10-4-1-5-11-17)18-12-6-2-7-13-18/h1-15,23H,16H2. The van der Waals surface area contributed by atoms with Crippen LogP contribution >= 0.6 is 11.8 Å². The number of carbonyl (C=O) groups excluding carboxylic acids is 1. The summed E-state index contributed by atoms with van der Waals surface area (Å²) in [5, 5.41) is 11.3. The van der Waals surface area contributed by atoms with E-state index >= 15 is 0 Å². The van der Waals surface area contributed by atoms with Crippen LogP contribution in [0.3, 0.4) is 0 Å². The molecule has 2 nitrogen and oxygen atoms in total. The lowest BCUT2D eigenvalue weighted by Crippen LogP contribution is -2.29. The molecule has 3 heteroatoms. The highest BCUT2D eigenvalue weighted by atomic mass is 32.2. The zero-order chi connectivity index (χ0) is 16.8. The minimum Gasteiger partial charge on any atom is -0.380 e. The Morgan fingerprint density at radius 1 is 0.750 bits per heavy atom. The summed E-state index contributed by atoms with van der Waals surface area (Å²) in [5.74, 6) is 0. The van der Waals surface area contributed by atoms with Crippen molar-refractivity contribution in [1.29, 1.82) is 0 Å². The van der Waals surface area contributed by atoms with Gasteiger partial charge in [0.2, 0.25) is 0 Å². The van der Waals surface area contributed by atoms with Gasteiger partial charge in [0, 0.05) is 4.90 Å². The Balaban J connectivity index is 1.90. The fourth-order valence-electron chi connectivity index (χ4n) is 2.66. The molecule has 24 heavy (non-hydrogen) atoms. The van der Waals surface area contributed by atoms with Crippen LogP contribution < -0.4 is 0 Å². The fourth-order valence-corrected chi connectivity index (χ4v) is 3.50. The second-order valence-electron chi connectivity index (χ2n) is 5.56. The van der Waals surface area contributed by atoms with Gasteiger partial charge in [-0.05, 0) is 23.3 Å². The van der Waals surface area contributed by atoms with E-state index in [2.05, 4.69) is 0 Å². The Morgan fingerprint density at radius 3 is 1.62 bits per heavy atom. The van der Waals surface area contributed by atoms with Gasteiger partial charge in [-0.3, -0.25) is 4.79 Å². The topological polar surface area (TPSA) is 37.3 Å². The summed E-state index contributed by atoms with van der Waals surface area (Å²) in [6.45, 7) is 0. The van der Waals surface area contributed by atoms with E-state index in [1.807, 2.05) is 91.0 Å². The van der Waals surface area contributed by atoms with Gasteiger partial charge in [0.15, 0.2) is 5.12 Å². The van der Waals surface area contributed by atoms with Gasteiger partial charge in [-0.15, -0.1) is 0 Å². The zero-order valence-corrected chi connectivity index (χ0v) is 13.9. The van der Waals surface area contributed by atoms with Crippen molar-refractivity contribution < 1.29 is 9.90 Å². The molecule has 0 aliphatic heterocycles. The van der Waals surface area contributed by atoms with Crippen LogP contribution in [0.4, 0.5) is 0 Å². The maximum absolute atomic E-state index is 12.6. The largest absolute Gasteiger partial charge is 0.380 e. The molecule has 0 aromatic heterocycles. The van der Waals surface area contributed by atoms with Crippen LogP contribution in [0.25, 0.3) is 0 Å². The Kier molecular flexibility index (Phi) is 5.14. The fraction of sp³-hybridized carbons (Fsp3) is 0.0952. The third-order valence-electron chi connectivity index (χ3n) is 3.88. The van der Waals surface area contributed by atoms with E-state index in [0.717, 1.165) is 27.8 Å². The molecule has 3 aromatic rings. The highest BCUT2D eigenvalue weighted by Gasteiger charge is 2.34. The van der Waals surface area contributed by atoms with Crippen molar-refractivity contribution in [3.05, 3.63) is 102 Å². The number of hydrogen-bond acceptors (Lipinski definition) is 3. The highest BCUT2D eigenvalue weighted by Crippen LogP contribution is 2.35. The van der Waals surface area contributed by atoms with Crippen LogP contribution in [-0.4, -0.2) is 10.2 Å². The molecule has 0 radical (unpaired) electrons. The summed E-state index contributed by atoms with van der Waals surface area (Å²) in [5.41, 5.74) is 0.109. The summed E-state index contributed by atoms with van der Waals surface area (Å²) < 4.78 is 0. The van der Waals surface area contributed by atoms with E-state index in [1.54, 1.807) is 0 Å². The number of benzene rings is 3. The lowest BCUT2D eigenvalue weighted by molar-refractivity contribution is -0.114. The van der Waals surface area contributed by atoms with Gasteiger partial charge in [-0.25, -0.2) is 0 Å². The van der Waals surface area contributed by atoms with E-state index in [4.69, 9.17) is 0 Å². The minimum atomic E-state index is -1.33. The van der Waals surface area contributed by atoms with Crippen LogP contribution in [0.1, 0.15) is 17.5 Å². The van der Waals surface area contributed by atoms with Crippen LogP contribution in [0.15, 0.2) is 95.9 Å². The van der Waals surface area contributed by atoms with Crippen molar-refractivity contribution in [3.63, 3.8) is 0 Å². The van der Waals surface area contributed by atoms with Crippen molar-refractivity contribution in [2.75, 3.05) is 0 Å². The smallest absolute Gasteiger partial charge is 0.197 e. The molecule has 1 N–H and O–H groups in total. The summed E-state index contributed by atoms with van der Waals surface area (Å²) in [6, 6.07) is 28.2. The first-order valence-corrected chi connectivity index (χ1v) is 8.59. The van der Waals surface area contributed by atoms with E-state index in [9.17, 15) is 9.90 Å². The van der Waals surface area contributed by atoms with E-state index < -0.39 is 5.60 Å². The molecule has 3 rings (SSSR count). The predicted molar refractivity (Wildman–Crippen MR) is 97.8 cm³/mol. The summed E-state index contributed by atoms with van der Waals surface area (Å²) in [6.07, 6.45) is 0.0145. The van der Waals surface area contributed by atoms with Gasteiger partial charge in [-0.2, -0.15) is 0 Å². The van der Waals surface area contributed by atoms with Gasteiger partial charge in [0.25, 0.3) is 0 Å². The molecule has 0 spiro atoms. The second kappa shape index (κ2) is 7.47. The van der Waals surface area contributed by atoms with Crippen molar-refractivity contribution in [2.45, 2.75) is 16.9 Å². The summed E-state index contributed by atoms with van der Waals surface area (Å²) in [4.78, 5) is 13.5. The Hall–Kier alpha value is -2.36. The first-order valence-electron chi connectivity index (χ1n) is 7.78. The monoisotopic (exact) mass is 334 g/mol. The number of rotatable bonds is 5. The lowest BCUT2D eigenvalue weighted by atomic mass is 9.84. The molecule has 0 fully saturated rings. The molecular weight excluding hydrogens is 316 g/mol. The molecule has 0 saturated carbocycles. The molecule has 120 valence electrons. The van der Waals surface area contributed by atoms with Gasteiger partial charge >= 0.3 is 0 Å². The molecule has 0 heterocycles. The number of thioether (sulfide) groups is 1. The Labute approximate surface area is 146 Å². The highest BCUT2D eigenvalue weighted by molar-refractivity contribution is 8.13. The zero-order valence-electron chi connectivity index (χ0n) is 13.1. The maximum Gasteiger partial charge on any atom is 0.197 e. The van der Waals surface area contributed by atoms with Crippen molar-refractivity contribution in [1.82, 2.24) is 0 Å². The molecule has 0 saturated heterocycles. The van der Waals surface area contributed by atoms with Crippen molar-refractivity contribution in [3.8, 4) is 0 Å². The normalized spacial score (nSPS) is 11.2. The van der Waals surface area contributed by atoms with E-state index in [0.29, 0.717) is 0 Å². The third-order valence-corrected chi connectivity index (χ3v) is 4.76. The third kappa shape index (κ3) is 3.75. The first-order chi connectivity index (χ1) is 11.7. The van der Waals surface area contributed by atoms with Crippen molar-refractivity contribution in [2.24, 2.45) is 0 Å². The minimum absolute atomic E-state index is 0.0145. The first kappa shape index (κ1) is 16.5. The molecular formula is C21H18O2S. The van der Waals surface area contributed by atoms with Gasteiger partial charge in [0.05, 0.1) is 6.42 Å². The molecule has 0 unspecified atom stereocenters. The van der Waals surface area contributed by atoms with Crippen LogP contribution in [0.5, 0.6) is 0 Å². The molecule has 0 amide bonds. The van der Waals surface area contributed by atoms with Gasteiger partial charge in [-0.1, -0.05) is 90.6 Å². The maximum atomic E-state index is 12.6.